The molecule has 110 valence electrons. The fourth-order valence-electron chi connectivity index (χ4n) is 2.77. The van der Waals surface area contributed by atoms with Crippen molar-refractivity contribution in [1.82, 2.24) is 5.06 Å². The number of hydrogen-bond donors (Lipinski definition) is 2. The van der Waals surface area contributed by atoms with E-state index in [0.29, 0.717) is 26.0 Å². The first-order valence-electron chi connectivity index (χ1n) is 7.02. The summed E-state index contributed by atoms with van der Waals surface area (Å²) in [6, 6.07) is -0.703. The lowest BCUT2D eigenvalue weighted by Crippen LogP contribution is -2.38. The largest absolute Gasteiger partial charge is 0.394 e. The highest BCUT2D eigenvalue weighted by Gasteiger charge is 2.34. The van der Waals surface area contributed by atoms with Gasteiger partial charge in [-0.15, -0.1) is 0 Å². The molecule has 20 heavy (non-hydrogen) atoms. The van der Waals surface area contributed by atoms with Crippen LogP contribution in [0.3, 0.4) is 0 Å². The van der Waals surface area contributed by atoms with E-state index in [0.717, 1.165) is 0 Å². The minimum atomic E-state index is -0.310. The number of hydrogen-bond acceptors (Lipinski definition) is 6. The molecule has 8 heteroatoms. The first kappa shape index (κ1) is 16.3. The van der Waals surface area contributed by atoms with E-state index in [4.69, 9.17) is 35.7 Å². The fraction of sp³-hybridized carbons (Fsp3) is 1.00. The number of nitrogens with zero attached hydrogens (tertiary/aromatic N) is 1. The van der Waals surface area contributed by atoms with E-state index in [2.05, 4.69) is 0 Å². The Morgan fingerprint density at radius 2 is 1.90 bits per heavy atom. The number of aliphatic hydroxyl groups is 1. The maximum Gasteiger partial charge on any atom is 0.109 e. The highest BCUT2D eigenvalue weighted by molar-refractivity contribution is 6.11. The van der Waals surface area contributed by atoms with Gasteiger partial charge in [0, 0.05) is 37.6 Å². The summed E-state index contributed by atoms with van der Waals surface area (Å²) in [6.07, 6.45) is 0.955. The SMILES string of the molecule is [B][C@H]1CC(CN(C)OC[C@H]2O[C@@H]([B])C[C@H]2N)[C@@H](CO)O1. The molecule has 2 aliphatic rings. The zero-order valence-electron chi connectivity index (χ0n) is 11.9. The van der Waals surface area contributed by atoms with Crippen LogP contribution in [0.2, 0.25) is 0 Å². The molecule has 0 aromatic carbocycles. The van der Waals surface area contributed by atoms with Crippen LogP contribution >= 0.6 is 0 Å². The first-order chi connectivity index (χ1) is 9.49. The Kier molecular flexibility index (Phi) is 5.89. The summed E-state index contributed by atoms with van der Waals surface area (Å²) in [5.74, 6) is 0.153. The van der Waals surface area contributed by atoms with Crippen LogP contribution < -0.4 is 5.73 Å². The van der Waals surface area contributed by atoms with Crippen LogP contribution in [0.1, 0.15) is 12.8 Å². The van der Waals surface area contributed by atoms with Gasteiger partial charge in [0.1, 0.15) is 15.7 Å². The molecule has 2 rings (SSSR count). The van der Waals surface area contributed by atoms with Crippen molar-refractivity contribution in [3.8, 4) is 0 Å². The first-order valence-corrected chi connectivity index (χ1v) is 7.02. The van der Waals surface area contributed by atoms with E-state index in [1.165, 1.54) is 0 Å². The molecule has 4 radical (unpaired) electrons. The minimum Gasteiger partial charge on any atom is -0.394 e. The van der Waals surface area contributed by atoms with Gasteiger partial charge in [0.2, 0.25) is 0 Å². The molecule has 2 saturated heterocycles. The smallest absolute Gasteiger partial charge is 0.109 e. The quantitative estimate of drug-likeness (QED) is 0.448. The van der Waals surface area contributed by atoms with Gasteiger partial charge >= 0.3 is 0 Å². The van der Waals surface area contributed by atoms with Crippen LogP contribution in [0.5, 0.6) is 0 Å². The average Bonchev–Trinajstić information content (AvgIpc) is 2.89. The number of rotatable bonds is 6. The summed E-state index contributed by atoms with van der Waals surface area (Å²) in [7, 11) is 13.2. The molecule has 0 bridgehead atoms. The van der Waals surface area contributed by atoms with E-state index in [-0.39, 0.29) is 42.8 Å². The molecule has 3 N–H and O–H groups in total. The second kappa shape index (κ2) is 7.24. The minimum absolute atomic E-state index is 0.0301. The zero-order valence-corrected chi connectivity index (χ0v) is 11.9. The van der Waals surface area contributed by atoms with Crippen LogP contribution in [0.4, 0.5) is 0 Å². The Morgan fingerprint density at radius 1 is 1.25 bits per heavy atom. The monoisotopic (exact) mass is 280 g/mol. The van der Waals surface area contributed by atoms with Gasteiger partial charge in [-0.25, -0.2) is 0 Å². The molecule has 0 saturated carbocycles. The highest BCUT2D eigenvalue weighted by Crippen LogP contribution is 2.25. The summed E-state index contributed by atoms with van der Waals surface area (Å²) in [5.41, 5.74) is 5.91. The summed E-state index contributed by atoms with van der Waals surface area (Å²) >= 11 is 0. The molecule has 0 aliphatic carbocycles. The van der Waals surface area contributed by atoms with E-state index in [1.807, 2.05) is 7.05 Å². The van der Waals surface area contributed by atoms with E-state index in [9.17, 15) is 5.11 Å². The fourth-order valence-corrected chi connectivity index (χ4v) is 2.77. The van der Waals surface area contributed by atoms with Crippen molar-refractivity contribution in [3.05, 3.63) is 0 Å². The predicted octanol–water partition coefficient (Wildman–Crippen LogP) is -1.65. The third-order valence-electron chi connectivity index (χ3n) is 3.87. The third-order valence-corrected chi connectivity index (χ3v) is 3.87. The van der Waals surface area contributed by atoms with Crippen molar-refractivity contribution in [3.63, 3.8) is 0 Å². The molecular weight excluding hydrogens is 258 g/mol. The lowest BCUT2D eigenvalue weighted by atomic mass is 9.91. The number of hydroxylamine groups is 2. The van der Waals surface area contributed by atoms with Gasteiger partial charge in [0.15, 0.2) is 0 Å². The molecule has 2 heterocycles. The van der Waals surface area contributed by atoms with Crippen molar-refractivity contribution in [2.24, 2.45) is 11.7 Å². The Bertz CT molecular complexity index is 313. The Hall–Kier alpha value is -0.110. The number of aliphatic hydroxyl groups excluding tert-OH is 1. The molecular formula is C12H22B2N2O4. The normalized spacial score (nSPS) is 41.6. The molecule has 0 aromatic heterocycles. The van der Waals surface area contributed by atoms with E-state index in [1.54, 1.807) is 5.06 Å². The van der Waals surface area contributed by atoms with Crippen molar-refractivity contribution >= 4 is 15.7 Å². The summed E-state index contributed by atoms with van der Waals surface area (Å²) < 4.78 is 10.9. The van der Waals surface area contributed by atoms with Gasteiger partial charge in [0.05, 0.1) is 25.4 Å². The number of nitrogens with two attached hydrogens (primary N) is 1. The second-order valence-corrected chi connectivity index (χ2v) is 5.61. The molecule has 0 aromatic rings. The lowest BCUT2D eigenvalue weighted by Gasteiger charge is -2.25. The van der Waals surface area contributed by atoms with Crippen LogP contribution in [-0.2, 0) is 14.3 Å². The molecule has 1 unspecified atom stereocenters. The highest BCUT2D eigenvalue weighted by atomic mass is 16.7. The van der Waals surface area contributed by atoms with Gasteiger partial charge < -0.3 is 20.3 Å². The predicted molar refractivity (Wildman–Crippen MR) is 75.2 cm³/mol. The van der Waals surface area contributed by atoms with Gasteiger partial charge in [-0.1, -0.05) is 0 Å². The Labute approximate surface area is 122 Å². The molecule has 6 atom stereocenters. The van der Waals surface area contributed by atoms with Crippen LogP contribution in [0, 0.1) is 5.92 Å². The maximum atomic E-state index is 9.24. The van der Waals surface area contributed by atoms with Gasteiger partial charge in [-0.05, 0) is 12.8 Å². The van der Waals surface area contributed by atoms with Crippen LogP contribution in [0.15, 0.2) is 0 Å². The Balaban J connectivity index is 1.71. The molecule has 0 spiro atoms. The summed E-state index contributed by atoms with van der Waals surface area (Å²) in [6.45, 7) is 0.972. The van der Waals surface area contributed by atoms with Crippen molar-refractivity contribution in [2.45, 2.75) is 43.1 Å². The average molecular weight is 280 g/mol. The van der Waals surface area contributed by atoms with Crippen LogP contribution in [0.25, 0.3) is 0 Å². The van der Waals surface area contributed by atoms with E-state index < -0.39 is 0 Å². The zero-order chi connectivity index (χ0) is 14.7. The van der Waals surface area contributed by atoms with Gasteiger partial charge in [0.25, 0.3) is 0 Å². The third kappa shape index (κ3) is 4.19. The van der Waals surface area contributed by atoms with Crippen molar-refractivity contribution in [1.29, 1.82) is 0 Å². The summed E-state index contributed by atoms with van der Waals surface area (Å²) in [5, 5.41) is 11.0. The standard InChI is InChI=1S/C12H22B2N2O4/c1-16(4-7-2-11(13)19-9(7)5-17)18-6-10-8(15)3-12(14)20-10/h7-12,17H,2-6,15H2,1H3/t7?,8-,9-,10-,11-,12-/m1/s1. The van der Waals surface area contributed by atoms with Gasteiger partial charge in [-0.2, -0.15) is 5.06 Å². The molecule has 6 nitrogen and oxygen atoms in total. The maximum absolute atomic E-state index is 9.24. The van der Waals surface area contributed by atoms with Crippen molar-refractivity contribution < 1.29 is 19.4 Å². The summed E-state index contributed by atoms with van der Waals surface area (Å²) in [4.78, 5) is 5.63. The molecule has 0 amide bonds. The second-order valence-electron chi connectivity index (χ2n) is 5.61. The number of ether oxygens (including phenoxy) is 2. The molecule has 2 fully saturated rings. The van der Waals surface area contributed by atoms with E-state index >= 15 is 0 Å². The van der Waals surface area contributed by atoms with Crippen LogP contribution in [-0.4, -0.2) is 82.9 Å². The topological polar surface area (TPSA) is 77.2 Å². The molecule has 2 aliphatic heterocycles. The van der Waals surface area contributed by atoms with Crippen molar-refractivity contribution in [2.75, 3.05) is 26.8 Å². The Morgan fingerprint density at radius 3 is 2.50 bits per heavy atom. The lowest BCUT2D eigenvalue weighted by molar-refractivity contribution is -0.174. The van der Waals surface area contributed by atoms with Gasteiger partial charge in [-0.3, -0.25) is 4.84 Å².